The first-order valence-corrected chi connectivity index (χ1v) is 6.97. The van der Waals surface area contributed by atoms with Crippen LogP contribution in [0.4, 0.5) is 0 Å². The van der Waals surface area contributed by atoms with Crippen LogP contribution in [0.2, 0.25) is 0 Å². The van der Waals surface area contributed by atoms with Crippen LogP contribution < -0.4 is 11.1 Å². The van der Waals surface area contributed by atoms with Crippen molar-refractivity contribution in [3.63, 3.8) is 0 Å². The van der Waals surface area contributed by atoms with Gasteiger partial charge >= 0.3 is 0 Å². The van der Waals surface area contributed by atoms with E-state index in [-0.39, 0.29) is 17.9 Å². The summed E-state index contributed by atoms with van der Waals surface area (Å²) in [6.45, 7) is 6.42. The minimum atomic E-state index is -0.311. The number of amides is 1. The van der Waals surface area contributed by atoms with Crippen molar-refractivity contribution in [2.75, 3.05) is 0 Å². The maximum absolute atomic E-state index is 12.1. The van der Waals surface area contributed by atoms with Crippen LogP contribution in [0, 0.1) is 17.8 Å². The summed E-state index contributed by atoms with van der Waals surface area (Å²) in [5, 5.41) is 3.12. The molecule has 3 N–H and O–H groups in total. The summed E-state index contributed by atoms with van der Waals surface area (Å²) >= 11 is 4.93. The average Bonchev–Trinajstić information content (AvgIpc) is 2.25. The molecule has 0 aliphatic heterocycles. The minimum Gasteiger partial charge on any atom is -0.393 e. The Hall–Kier alpha value is -0.640. The molecule has 3 nitrogen and oxygen atoms in total. The van der Waals surface area contributed by atoms with Gasteiger partial charge in [0, 0.05) is 6.04 Å². The van der Waals surface area contributed by atoms with E-state index in [0.717, 1.165) is 6.42 Å². The third-order valence-corrected chi connectivity index (χ3v) is 4.39. The molecule has 17 heavy (non-hydrogen) atoms. The van der Waals surface area contributed by atoms with Crippen LogP contribution in [0.5, 0.6) is 0 Å². The zero-order chi connectivity index (χ0) is 13.0. The lowest BCUT2D eigenvalue weighted by Crippen LogP contribution is -2.47. The van der Waals surface area contributed by atoms with Gasteiger partial charge in [0.25, 0.3) is 0 Å². The van der Waals surface area contributed by atoms with Crippen molar-refractivity contribution in [2.24, 2.45) is 23.5 Å². The van der Waals surface area contributed by atoms with Crippen LogP contribution in [0.15, 0.2) is 0 Å². The number of nitrogens with one attached hydrogen (secondary N) is 1. The molecule has 1 rings (SSSR count). The SMILES string of the molecule is CCC(C(=O)NC1CCCC(C)C1C)C(N)=S. The molecule has 0 radical (unpaired) electrons. The fraction of sp³-hybridized carbons (Fsp3) is 0.846. The summed E-state index contributed by atoms with van der Waals surface area (Å²) in [6.07, 6.45) is 4.21. The molecule has 0 spiro atoms. The normalized spacial score (nSPS) is 30.6. The van der Waals surface area contributed by atoms with Gasteiger partial charge in [-0.05, 0) is 24.7 Å². The summed E-state index contributed by atoms with van der Waals surface area (Å²) < 4.78 is 0. The average molecular weight is 256 g/mol. The summed E-state index contributed by atoms with van der Waals surface area (Å²) in [5.41, 5.74) is 5.59. The van der Waals surface area contributed by atoms with E-state index < -0.39 is 0 Å². The minimum absolute atomic E-state index is 0.00551. The monoisotopic (exact) mass is 256 g/mol. The molecule has 0 aromatic carbocycles. The molecule has 1 aliphatic rings. The number of thiocarbonyl (C=S) groups is 1. The fourth-order valence-electron chi connectivity index (χ4n) is 2.58. The van der Waals surface area contributed by atoms with Gasteiger partial charge in [-0.25, -0.2) is 0 Å². The van der Waals surface area contributed by atoms with E-state index in [4.69, 9.17) is 18.0 Å². The highest BCUT2D eigenvalue weighted by molar-refractivity contribution is 7.80. The molecule has 1 fully saturated rings. The Morgan fingerprint density at radius 2 is 2.12 bits per heavy atom. The van der Waals surface area contributed by atoms with Gasteiger partial charge in [-0.1, -0.05) is 45.8 Å². The smallest absolute Gasteiger partial charge is 0.230 e. The van der Waals surface area contributed by atoms with Gasteiger partial charge in [-0.2, -0.15) is 0 Å². The standard InChI is InChI=1S/C13H24N2OS/c1-4-10(12(14)17)13(16)15-11-7-5-6-8(2)9(11)3/h8-11H,4-7H2,1-3H3,(H2,14,17)(H,15,16). The summed E-state index contributed by atoms with van der Waals surface area (Å²) in [4.78, 5) is 12.4. The molecule has 4 unspecified atom stereocenters. The number of rotatable bonds is 4. The van der Waals surface area contributed by atoms with E-state index in [1.54, 1.807) is 0 Å². The third kappa shape index (κ3) is 3.66. The lowest BCUT2D eigenvalue weighted by atomic mass is 9.78. The summed E-state index contributed by atoms with van der Waals surface area (Å²) in [5.74, 6) is 0.913. The highest BCUT2D eigenvalue weighted by Crippen LogP contribution is 2.29. The number of carbonyl (C=O) groups is 1. The van der Waals surface area contributed by atoms with Crippen molar-refractivity contribution in [2.45, 2.75) is 52.5 Å². The van der Waals surface area contributed by atoms with Gasteiger partial charge in [-0.15, -0.1) is 0 Å². The van der Waals surface area contributed by atoms with Crippen molar-refractivity contribution >= 4 is 23.1 Å². The van der Waals surface area contributed by atoms with Crippen LogP contribution >= 0.6 is 12.2 Å². The zero-order valence-electron chi connectivity index (χ0n) is 11.0. The first kappa shape index (κ1) is 14.4. The molecule has 4 atom stereocenters. The van der Waals surface area contributed by atoms with Crippen molar-refractivity contribution in [1.82, 2.24) is 5.32 Å². The number of hydrogen-bond acceptors (Lipinski definition) is 2. The topological polar surface area (TPSA) is 55.1 Å². The molecule has 0 heterocycles. The Labute approximate surface area is 110 Å². The van der Waals surface area contributed by atoms with Gasteiger partial charge in [0.1, 0.15) is 0 Å². The second-order valence-electron chi connectivity index (χ2n) is 5.25. The van der Waals surface area contributed by atoms with E-state index in [9.17, 15) is 4.79 Å². The maximum atomic E-state index is 12.1. The largest absolute Gasteiger partial charge is 0.393 e. The van der Waals surface area contributed by atoms with Crippen molar-refractivity contribution in [3.8, 4) is 0 Å². The fourth-order valence-corrected chi connectivity index (χ4v) is 2.86. The van der Waals surface area contributed by atoms with Crippen LogP contribution in [0.25, 0.3) is 0 Å². The Kier molecular flexibility index (Phi) is 5.37. The van der Waals surface area contributed by atoms with E-state index in [2.05, 4.69) is 19.2 Å². The van der Waals surface area contributed by atoms with E-state index in [0.29, 0.717) is 23.2 Å². The lowest BCUT2D eigenvalue weighted by Gasteiger charge is -2.35. The number of carbonyl (C=O) groups excluding carboxylic acids is 1. The molecular weight excluding hydrogens is 232 g/mol. The lowest BCUT2D eigenvalue weighted by molar-refractivity contribution is -0.124. The molecule has 0 saturated heterocycles. The van der Waals surface area contributed by atoms with Crippen LogP contribution in [-0.2, 0) is 4.79 Å². The number of hydrogen-bond donors (Lipinski definition) is 2. The molecule has 1 saturated carbocycles. The second-order valence-corrected chi connectivity index (χ2v) is 5.72. The highest BCUT2D eigenvalue weighted by Gasteiger charge is 2.30. The van der Waals surface area contributed by atoms with Gasteiger partial charge in [0.05, 0.1) is 10.9 Å². The van der Waals surface area contributed by atoms with Gasteiger partial charge in [0.15, 0.2) is 0 Å². The van der Waals surface area contributed by atoms with Crippen molar-refractivity contribution in [3.05, 3.63) is 0 Å². The molecule has 1 amide bonds. The Bertz CT molecular complexity index is 293. The second kappa shape index (κ2) is 6.34. The highest BCUT2D eigenvalue weighted by atomic mass is 32.1. The van der Waals surface area contributed by atoms with E-state index in [1.165, 1.54) is 12.8 Å². The van der Waals surface area contributed by atoms with Crippen LogP contribution in [0.3, 0.4) is 0 Å². The molecule has 4 heteroatoms. The number of nitrogens with two attached hydrogens (primary N) is 1. The van der Waals surface area contributed by atoms with Crippen LogP contribution in [-0.4, -0.2) is 16.9 Å². The summed E-state index contributed by atoms with van der Waals surface area (Å²) in [7, 11) is 0. The first-order valence-electron chi connectivity index (χ1n) is 6.57. The Balaban J connectivity index is 2.58. The van der Waals surface area contributed by atoms with Gasteiger partial charge < -0.3 is 11.1 Å². The molecular formula is C13H24N2OS. The van der Waals surface area contributed by atoms with Crippen molar-refractivity contribution < 1.29 is 4.79 Å². The zero-order valence-corrected chi connectivity index (χ0v) is 11.8. The maximum Gasteiger partial charge on any atom is 0.230 e. The first-order chi connectivity index (χ1) is 7.97. The van der Waals surface area contributed by atoms with E-state index >= 15 is 0 Å². The molecule has 0 bridgehead atoms. The van der Waals surface area contributed by atoms with Gasteiger partial charge in [-0.3, -0.25) is 4.79 Å². The van der Waals surface area contributed by atoms with Gasteiger partial charge in [0.2, 0.25) is 5.91 Å². The quantitative estimate of drug-likeness (QED) is 0.759. The van der Waals surface area contributed by atoms with Crippen molar-refractivity contribution in [1.29, 1.82) is 0 Å². The Morgan fingerprint density at radius 3 is 2.65 bits per heavy atom. The predicted molar refractivity (Wildman–Crippen MR) is 74.7 cm³/mol. The molecule has 98 valence electrons. The molecule has 1 aliphatic carbocycles. The Morgan fingerprint density at radius 1 is 1.47 bits per heavy atom. The molecule has 0 aromatic heterocycles. The van der Waals surface area contributed by atoms with Crippen LogP contribution in [0.1, 0.15) is 46.5 Å². The van der Waals surface area contributed by atoms with E-state index in [1.807, 2.05) is 6.92 Å². The molecule has 0 aromatic rings. The summed E-state index contributed by atoms with van der Waals surface area (Å²) in [6, 6.07) is 0.287. The predicted octanol–water partition coefficient (Wildman–Crippen LogP) is 2.24. The third-order valence-electron chi connectivity index (χ3n) is 4.10.